The van der Waals surface area contributed by atoms with E-state index in [2.05, 4.69) is 9.80 Å². The van der Waals surface area contributed by atoms with Crippen molar-refractivity contribution >= 4 is 17.5 Å². The number of imide groups is 1. The molecule has 2 saturated heterocycles. The van der Waals surface area contributed by atoms with Gasteiger partial charge in [-0.3, -0.25) is 19.4 Å². The van der Waals surface area contributed by atoms with Gasteiger partial charge < -0.3 is 14.7 Å². The van der Waals surface area contributed by atoms with Gasteiger partial charge in [-0.15, -0.1) is 0 Å². The van der Waals surface area contributed by atoms with E-state index in [4.69, 9.17) is 4.74 Å². The molecule has 3 aliphatic rings. The van der Waals surface area contributed by atoms with Crippen molar-refractivity contribution in [2.24, 2.45) is 11.8 Å². The Labute approximate surface area is 184 Å². The van der Waals surface area contributed by atoms with Gasteiger partial charge in [0.2, 0.25) is 11.8 Å². The second-order valence-electron chi connectivity index (χ2n) is 8.96. The van der Waals surface area contributed by atoms with Crippen molar-refractivity contribution in [2.45, 2.75) is 39.2 Å². The van der Waals surface area contributed by atoms with Gasteiger partial charge in [0.25, 0.3) is 0 Å². The van der Waals surface area contributed by atoms with Crippen molar-refractivity contribution < 1.29 is 19.4 Å². The van der Waals surface area contributed by atoms with E-state index < -0.39 is 0 Å². The molecule has 4 rings (SSSR count). The Morgan fingerprint density at radius 2 is 1.65 bits per heavy atom. The van der Waals surface area contributed by atoms with E-state index in [1.165, 1.54) is 4.90 Å². The zero-order chi connectivity index (χ0) is 22.0. The quantitative estimate of drug-likeness (QED) is 0.533. The van der Waals surface area contributed by atoms with Crippen LogP contribution in [-0.4, -0.2) is 72.1 Å². The van der Waals surface area contributed by atoms with Crippen LogP contribution >= 0.6 is 0 Å². The van der Waals surface area contributed by atoms with Crippen molar-refractivity contribution in [3.8, 4) is 11.5 Å². The zero-order valence-corrected chi connectivity index (χ0v) is 18.5. The number of allylic oxidation sites excluding steroid dienone is 2. The van der Waals surface area contributed by atoms with Gasteiger partial charge in [0.1, 0.15) is 17.2 Å². The third kappa shape index (κ3) is 4.56. The summed E-state index contributed by atoms with van der Waals surface area (Å²) < 4.78 is 5.90. The largest absolute Gasteiger partial charge is 0.506 e. The number of hydrogen-bond acceptors (Lipinski definition) is 6. The number of hydrogen-bond donors (Lipinski definition) is 1. The van der Waals surface area contributed by atoms with Crippen LogP contribution in [0.15, 0.2) is 30.4 Å². The number of amides is 2. The predicted octanol–water partition coefficient (Wildman–Crippen LogP) is 2.64. The zero-order valence-electron chi connectivity index (χ0n) is 18.5. The van der Waals surface area contributed by atoms with Gasteiger partial charge in [0.15, 0.2) is 0 Å². The third-order valence-corrected chi connectivity index (χ3v) is 6.48. The molecule has 7 heteroatoms. The van der Waals surface area contributed by atoms with Crippen molar-refractivity contribution in [3.63, 3.8) is 0 Å². The molecular formula is C24H33N3O4. The number of rotatable bonds is 7. The lowest BCUT2D eigenvalue weighted by Crippen LogP contribution is -2.47. The number of para-hydroxylation sites is 1. The molecule has 1 N–H and O–H groups in total. The first-order valence-electron chi connectivity index (χ1n) is 11.4. The second-order valence-corrected chi connectivity index (χ2v) is 8.96. The number of anilines is 1. The average Bonchev–Trinajstić information content (AvgIpc) is 2.99. The van der Waals surface area contributed by atoms with Crippen LogP contribution in [0.5, 0.6) is 11.5 Å². The van der Waals surface area contributed by atoms with Gasteiger partial charge in [-0.2, -0.15) is 0 Å². The second kappa shape index (κ2) is 9.30. The minimum atomic E-state index is -0.137. The Bertz CT molecular complexity index is 819. The number of phenols is 1. The summed E-state index contributed by atoms with van der Waals surface area (Å²) in [5, 5.41) is 10.4. The highest BCUT2D eigenvalue weighted by atomic mass is 16.5. The number of piperazine rings is 1. The fraction of sp³-hybridized carbons (Fsp3) is 0.583. The Kier molecular flexibility index (Phi) is 6.51. The molecule has 0 radical (unpaired) electrons. The van der Waals surface area contributed by atoms with E-state index in [0.29, 0.717) is 25.1 Å². The lowest BCUT2D eigenvalue weighted by molar-refractivity contribution is -0.140. The Hall–Kier alpha value is -2.54. The summed E-state index contributed by atoms with van der Waals surface area (Å²) in [5.41, 5.74) is 0.764. The molecule has 2 atom stereocenters. The molecule has 1 aliphatic carbocycles. The maximum absolute atomic E-state index is 12.6. The summed E-state index contributed by atoms with van der Waals surface area (Å²) in [7, 11) is 0. The number of carbonyl (C=O) groups excluding carboxylic acids is 2. The molecule has 2 fully saturated rings. The van der Waals surface area contributed by atoms with E-state index in [1.54, 1.807) is 12.1 Å². The average molecular weight is 428 g/mol. The molecule has 0 saturated carbocycles. The van der Waals surface area contributed by atoms with E-state index >= 15 is 0 Å². The van der Waals surface area contributed by atoms with E-state index in [1.807, 2.05) is 32.1 Å². The van der Waals surface area contributed by atoms with Crippen LogP contribution in [0.25, 0.3) is 0 Å². The molecule has 2 aliphatic heterocycles. The van der Waals surface area contributed by atoms with Crippen LogP contribution < -0.4 is 9.64 Å². The predicted molar refractivity (Wildman–Crippen MR) is 119 cm³/mol. The number of ether oxygens (including phenoxy) is 1. The van der Waals surface area contributed by atoms with Gasteiger partial charge in [-0.25, -0.2) is 0 Å². The lowest BCUT2D eigenvalue weighted by Gasteiger charge is -2.37. The molecule has 7 nitrogen and oxygen atoms in total. The van der Waals surface area contributed by atoms with Gasteiger partial charge >= 0.3 is 0 Å². The number of aromatic hydroxyl groups is 1. The number of carbonyl (C=O) groups is 2. The highest BCUT2D eigenvalue weighted by Gasteiger charge is 2.46. The molecule has 31 heavy (non-hydrogen) atoms. The lowest BCUT2D eigenvalue weighted by atomic mass is 9.85. The molecule has 2 unspecified atom stereocenters. The summed E-state index contributed by atoms with van der Waals surface area (Å²) >= 11 is 0. The topological polar surface area (TPSA) is 73.3 Å². The first-order valence-corrected chi connectivity index (χ1v) is 11.4. The highest BCUT2D eigenvalue weighted by molar-refractivity contribution is 6.05. The summed E-state index contributed by atoms with van der Waals surface area (Å²) in [6.07, 6.45) is 6.28. The Balaban J connectivity index is 1.27. The molecule has 1 aromatic carbocycles. The first-order chi connectivity index (χ1) is 15.0. The van der Waals surface area contributed by atoms with Crippen LogP contribution in [0.4, 0.5) is 5.69 Å². The van der Waals surface area contributed by atoms with Crippen LogP contribution in [0.2, 0.25) is 0 Å². The van der Waals surface area contributed by atoms with Crippen molar-refractivity contribution in [1.82, 2.24) is 9.80 Å². The number of phenolic OH excluding ortho intramolecular Hbond substituents is 1. The van der Waals surface area contributed by atoms with Gasteiger partial charge in [0, 0.05) is 32.7 Å². The van der Waals surface area contributed by atoms with E-state index in [0.717, 1.165) is 44.8 Å². The summed E-state index contributed by atoms with van der Waals surface area (Å²) in [4.78, 5) is 31.2. The smallest absolute Gasteiger partial charge is 0.233 e. The number of benzene rings is 1. The van der Waals surface area contributed by atoms with E-state index in [9.17, 15) is 14.7 Å². The van der Waals surface area contributed by atoms with Crippen molar-refractivity contribution in [3.05, 3.63) is 30.4 Å². The minimum Gasteiger partial charge on any atom is -0.506 e. The third-order valence-electron chi connectivity index (χ3n) is 6.48. The van der Waals surface area contributed by atoms with E-state index in [-0.39, 0.29) is 35.5 Å². The van der Waals surface area contributed by atoms with Crippen molar-refractivity contribution in [2.75, 3.05) is 44.2 Å². The SMILES string of the molecule is CC(C)Oc1cccc(O)c1N1CCN(CCCN2C(=O)C3CC=CCC3C2=O)CC1. The normalized spacial score (nSPS) is 24.2. The summed E-state index contributed by atoms with van der Waals surface area (Å²) in [5.74, 6) is 0.714. The number of likely N-dealkylation sites (tertiary alicyclic amines) is 1. The molecule has 168 valence electrons. The van der Waals surface area contributed by atoms with Crippen LogP contribution in [0.3, 0.4) is 0 Å². The van der Waals surface area contributed by atoms with Crippen LogP contribution in [0, 0.1) is 11.8 Å². The molecule has 1 aromatic rings. The molecular weight excluding hydrogens is 394 g/mol. The number of fused-ring (bicyclic) bond motifs is 1. The standard InChI is InChI=1S/C24H33N3O4/c1-17(2)31-21-10-5-9-20(28)22(21)26-15-13-25(14-16-26)11-6-12-27-23(29)18-7-3-4-8-19(18)24(27)30/h3-5,9-10,17-19,28H,6-8,11-16H2,1-2H3. The van der Waals surface area contributed by atoms with Crippen LogP contribution in [-0.2, 0) is 9.59 Å². The summed E-state index contributed by atoms with van der Waals surface area (Å²) in [6.45, 7) is 8.65. The molecule has 0 bridgehead atoms. The fourth-order valence-corrected chi connectivity index (χ4v) is 4.91. The first kappa shape index (κ1) is 21.7. The molecule has 0 spiro atoms. The number of nitrogens with zero attached hydrogens (tertiary/aromatic N) is 3. The fourth-order valence-electron chi connectivity index (χ4n) is 4.91. The molecule has 2 amide bonds. The Morgan fingerprint density at radius 3 is 2.26 bits per heavy atom. The van der Waals surface area contributed by atoms with Gasteiger partial charge in [-0.05, 0) is 51.8 Å². The van der Waals surface area contributed by atoms with Gasteiger partial charge in [-0.1, -0.05) is 18.2 Å². The van der Waals surface area contributed by atoms with Crippen LogP contribution in [0.1, 0.15) is 33.1 Å². The maximum atomic E-state index is 12.6. The summed E-state index contributed by atoms with van der Waals surface area (Å²) in [6, 6.07) is 5.41. The van der Waals surface area contributed by atoms with Gasteiger partial charge in [0.05, 0.1) is 17.9 Å². The highest BCUT2D eigenvalue weighted by Crippen LogP contribution is 2.38. The Morgan fingerprint density at radius 1 is 1.00 bits per heavy atom. The monoisotopic (exact) mass is 427 g/mol. The molecule has 0 aromatic heterocycles. The molecule has 2 heterocycles. The minimum absolute atomic E-state index is 0.0152. The van der Waals surface area contributed by atoms with Crippen molar-refractivity contribution in [1.29, 1.82) is 0 Å². The maximum Gasteiger partial charge on any atom is 0.233 e.